The summed E-state index contributed by atoms with van der Waals surface area (Å²) in [5, 5.41) is 28.0. The maximum atomic E-state index is 11.0. The number of carbonyl (C=O) groups is 1. The molecule has 3 N–H and O–H groups in total. The van der Waals surface area contributed by atoms with Gasteiger partial charge in [0.1, 0.15) is 0 Å². The number of carbonyl (C=O) groups excluding carboxylic acids is 1. The Hall–Kier alpha value is -1.71. The molecule has 0 aliphatic heterocycles. The van der Waals surface area contributed by atoms with E-state index in [4.69, 9.17) is 0 Å². The van der Waals surface area contributed by atoms with Crippen LogP contribution in [0.4, 0.5) is 0 Å². The Morgan fingerprint density at radius 1 is 1.21 bits per heavy atom. The number of ketones is 1. The van der Waals surface area contributed by atoms with Crippen LogP contribution in [0.5, 0.6) is 17.2 Å². The zero-order chi connectivity index (χ0) is 10.9. The van der Waals surface area contributed by atoms with Gasteiger partial charge in [0.25, 0.3) is 0 Å². The van der Waals surface area contributed by atoms with Crippen molar-refractivity contribution >= 4 is 5.78 Å². The van der Waals surface area contributed by atoms with Crippen molar-refractivity contribution in [3.8, 4) is 17.2 Å². The second-order valence-electron chi connectivity index (χ2n) is 3.04. The zero-order valence-electron chi connectivity index (χ0n) is 8.03. The Bertz CT molecular complexity index is 382. The predicted octanol–water partition coefficient (Wildman–Crippen LogP) is 1.57. The highest BCUT2D eigenvalue weighted by Crippen LogP contribution is 2.40. The molecule has 0 unspecified atom stereocenters. The number of hydrogen-bond donors (Lipinski definition) is 3. The van der Waals surface area contributed by atoms with Crippen LogP contribution in [0.3, 0.4) is 0 Å². The van der Waals surface area contributed by atoms with Crippen LogP contribution in [0, 0.1) is 0 Å². The first-order valence-electron chi connectivity index (χ1n) is 4.26. The fourth-order valence-electron chi connectivity index (χ4n) is 1.24. The van der Waals surface area contributed by atoms with Crippen LogP contribution in [0.1, 0.15) is 29.8 Å². The van der Waals surface area contributed by atoms with E-state index in [9.17, 15) is 20.1 Å². The summed E-state index contributed by atoms with van der Waals surface area (Å²) in [5.74, 6) is -1.91. The van der Waals surface area contributed by atoms with E-state index in [1.807, 2.05) is 0 Å². The van der Waals surface area contributed by atoms with Crippen molar-refractivity contribution in [3.05, 3.63) is 17.2 Å². The maximum absolute atomic E-state index is 11.0. The lowest BCUT2D eigenvalue weighted by Crippen LogP contribution is -1.95. The van der Waals surface area contributed by atoms with E-state index in [-0.39, 0.29) is 17.1 Å². The third-order valence-corrected chi connectivity index (χ3v) is 2.09. The molecule has 0 bridgehead atoms. The largest absolute Gasteiger partial charge is 0.504 e. The van der Waals surface area contributed by atoms with Crippen molar-refractivity contribution in [2.24, 2.45) is 0 Å². The number of rotatable bonds is 2. The fourth-order valence-corrected chi connectivity index (χ4v) is 1.24. The van der Waals surface area contributed by atoms with Crippen LogP contribution in [-0.2, 0) is 6.42 Å². The lowest BCUT2D eigenvalue weighted by atomic mass is 10.0. The van der Waals surface area contributed by atoms with Gasteiger partial charge in [-0.25, -0.2) is 0 Å². The molecular weight excluding hydrogens is 184 g/mol. The van der Waals surface area contributed by atoms with Gasteiger partial charge < -0.3 is 15.3 Å². The molecule has 0 amide bonds. The van der Waals surface area contributed by atoms with Crippen molar-refractivity contribution in [3.63, 3.8) is 0 Å². The van der Waals surface area contributed by atoms with Crippen molar-refractivity contribution in [2.75, 3.05) is 0 Å². The van der Waals surface area contributed by atoms with Gasteiger partial charge >= 0.3 is 0 Å². The van der Waals surface area contributed by atoms with Gasteiger partial charge in [0.05, 0.1) is 5.56 Å². The van der Waals surface area contributed by atoms with E-state index in [0.717, 1.165) is 0 Å². The van der Waals surface area contributed by atoms with Crippen LogP contribution in [0.25, 0.3) is 0 Å². The Morgan fingerprint density at radius 2 is 1.79 bits per heavy atom. The first kappa shape index (κ1) is 10.4. The highest BCUT2D eigenvalue weighted by Gasteiger charge is 2.17. The second-order valence-corrected chi connectivity index (χ2v) is 3.04. The van der Waals surface area contributed by atoms with Gasteiger partial charge in [-0.15, -0.1) is 0 Å². The fraction of sp³-hybridized carbons (Fsp3) is 0.300. The summed E-state index contributed by atoms with van der Waals surface area (Å²) >= 11 is 0. The average molecular weight is 196 g/mol. The molecule has 4 heteroatoms. The number of aromatic hydroxyl groups is 3. The molecule has 1 aromatic carbocycles. The van der Waals surface area contributed by atoms with E-state index in [0.29, 0.717) is 12.0 Å². The normalized spacial score (nSPS) is 10.1. The quantitative estimate of drug-likeness (QED) is 0.495. The minimum atomic E-state index is -0.630. The molecule has 0 spiro atoms. The third kappa shape index (κ3) is 1.51. The smallest absolute Gasteiger partial charge is 0.201 e. The van der Waals surface area contributed by atoms with Gasteiger partial charge in [-0.1, -0.05) is 6.92 Å². The number of aryl methyl sites for hydroxylation is 1. The lowest BCUT2D eigenvalue weighted by Gasteiger charge is -2.09. The van der Waals surface area contributed by atoms with Crippen LogP contribution in [0.15, 0.2) is 6.07 Å². The number of phenolic OH excluding ortho intramolecular Hbond substituents is 3. The number of Topliss-reactive ketones (excluding diaryl/α,β-unsaturated/α-hetero) is 1. The number of phenols is 3. The van der Waals surface area contributed by atoms with Gasteiger partial charge in [0.2, 0.25) is 5.75 Å². The van der Waals surface area contributed by atoms with Crippen LogP contribution >= 0.6 is 0 Å². The van der Waals surface area contributed by atoms with E-state index in [1.165, 1.54) is 13.0 Å². The molecule has 0 aliphatic carbocycles. The summed E-state index contributed by atoms with van der Waals surface area (Å²) in [6, 6.07) is 1.38. The van der Waals surface area contributed by atoms with Crippen molar-refractivity contribution in [1.29, 1.82) is 0 Å². The molecule has 0 heterocycles. The summed E-state index contributed by atoms with van der Waals surface area (Å²) in [6.45, 7) is 3.06. The molecule has 0 aliphatic rings. The Labute approximate surface area is 81.4 Å². The van der Waals surface area contributed by atoms with Gasteiger partial charge in [0.15, 0.2) is 17.3 Å². The Kier molecular flexibility index (Phi) is 2.65. The minimum Gasteiger partial charge on any atom is -0.504 e. The van der Waals surface area contributed by atoms with Gasteiger partial charge in [0, 0.05) is 0 Å². The molecule has 1 aromatic rings. The molecule has 4 nitrogen and oxygen atoms in total. The van der Waals surface area contributed by atoms with Crippen LogP contribution in [-0.4, -0.2) is 21.1 Å². The number of benzene rings is 1. The summed E-state index contributed by atoms with van der Waals surface area (Å²) in [7, 11) is 0. The molecule has 0 aromatic heterocycles. The van der Waals surface area contributed by atoms with Crippen LogP contribution in [0.2, 0.25) is 0 Å². The van der Waals surface area contributed by atoms with E-state index in [2.05, 4.69) is 0 Å². The minimum absolute atomic E-state index is 0.0251. The monoisotopic (exact) mass is 196 g/mol. The zero-order valence-corrected chi connectivity index (χ0v) is 8.03. The van der Waals surface area contributed by atoms with Crippen molar-refractivity contribution in [1.82, 2.24) is 0 Å². The summed E-state index contributed by atoms with van der Waals surface area (Å²) < 4.78 is 0. The second kappa shape index (κ2) is 3.57. The first-order chi connectivity index (χ1) is 6.49. The summed E-state index contributed by atoms with van der Waals surface area (Å²) in [5.41, 5.74) is 0.461. The topological polar surface area (TPSA) is 77.8 Å². The maximum Gasteiger partial charge on any atom is 0.201 e. The standard InChI is InChI=1S/C10H12O4/c1-3-6-4-7(5(2)11)9(13)10(14)8(6)12/h4,12-14H,3H2,1-2H3. The third-order valence-electron chi connectivity index (χ3n) is 2.09. The molecular formula is C10H12O4. The summed E-state index contributed by atoms with van der Waals surface area (Å²) in [4.78, 5) is 11.0. The highest BCUT2D eigenvalue weighted by atomic mass is 16.3. The van der Waals surface area contributed by atoms with Gasteiger partial charge in [-0.3, -0.25) is 4.79 Å². The van der Waals surface area contributed by atoms with Gasteiger partial charge in [-0.2, -0.15) is 0 Å². The van der Waals surface area contributed by atoms with Crippen molar-refractivity contribution < 1.29 is 20.1 Å². The molecule has 0 fully saturated rings. The summed E-state index contributed by atoms with van der Waals surface area (Å²) in [6.07, 6.45) is 0.472. The van der Waals surface area contributed by atoms with Crippen molar-refractivity contribution in [2.45, 2.75) is 20.3 Å². The van der Waals surface area contributed by atoms with Crippen LogP contribution < -0.4 is 0 Å². The molecule has 0 saturated carbocycles. The van der Waals surface area contributed by atoms with E-state index in [1.54, 1.807) is 6.92 Å². The Morgan fingerprint density at radius 3 is 2.21 bits per heavy atom. The number of hydrogen-bond acceptors (Lipinski definition) is 4. The molecule has 14 heavy (non-hydrogen) atoms. The van der Waals surface area contributed by atoms with Gasteiger partial charge in [-0.05, 0) is 25.0 Å². The SMILES string of the molecule is CCc1cc(C(C)=O)c(O)c(O)c1O. The molecule has 0 radical (unpaired) electrons. The molecule has 1 rings (SSSR count). The van der Waals surface area contributed by atoms with E-state index >= 15 is 0 Å². The lowest BCUT2D eigenvalue weighted by molar-refractivity contribution is 0.101. The first-order valence-corrected chi connectivity index (χ1v) is 4.26. The Balaban J connectivity index is 3.48. The molecule has 0 saturated heterocycles. The highest BCUT2D eigenvalue weighted by molar-refractivity contribution is 5.98. The molecule has 0 atom stereocenters. The average Bonchev–Trinajstić information content (AvgIpc) is 2.14. The van der Waals surface area contributed by atoms with E-state index < -0.39 is 11.5 Å². The predicted molar refractivity (Wildman–Crippen MR) is 50.8 cm³/mol. The molecule has 76 valence electrons.